The highest BCUT2D eigenvalue weighted by molar-refractivity contribution is 5.76. The Morgan fingerprint density at radius 2 is 1.68 bits per heavy atom. The molecule has 3 aliphatic rings. The molecule has 3 heterocycles. The van der Waals surface area contributed by atoms with E-state index in [1.165, 1.54) is 25.7 Å². The number of nitrogens with one attached hydrogen (secondary N) is 1. The first-order chi connectivity index (χ1) is 12.3. The molecule has 1 aromatic rings. The largest absolute Gasteiger partial charge is 0.493 e. The first-order valence-electron chi connectivity index (χ1n) is 9.98. The second kappa shape index (κ2) is 7.77. The molecule has 2 bridgehead atoms. The predicted octanol–water partition coefficient (Wildman–Crippen LogP) is 3.22. The lowest BCUT2D eigenvalue weighted by Crippen LogP contribution is -2.43. The van der Waals surface area contributed by atoms with Crippen LogP contribution in [0.2, 0.25) is 0 Å². The Morgan fingerprint density at radius 3 is 2.36 bits per heavy atom. The summed E-state index contributed by atoms with van der Waals surface area (Å²) in [4.78, 5) is 14.8. The minimum atomic E-state index is 0.383. The van der Waals surface area contributed by atoms with E-state index in [4.69, 9.17) is 4.74 Å². The Hall–Kier alpha value is -1.55. The zero-order valence-corrected chi connectivity index (χ0v) is 15.0. The lowest BCUT2D eigenvalue weighted by Gasteiger charge is -2.34. The van der Waals surface area contributed by atoms with Crippen LogP contribution in [0, 0.1) is 11.8 Å². The lowest BCUT2D eigenvalue weighted by atomic mass is 9.88. The highest BCUT2D eigenvalue weighted by Gasteiger charge is 2.35. The Bertz CT molecular complexity index is 557. The zero-order valence-electron chi connectivity index (χ0n) is 15.0. The van der Waals surface area contributed by atoms with Crippen molar-refractivity contribution in [2.45, 2.75) is 57.0 Å². The summed E-state index contributed by atoms with van der Waals surface area (Å²) in [5.74, 6) is 2.50. The van der Waals surface area contributed by atoms with Crippen molar-refractivity contribution in [1.29, 1.82) is 0 Å². The summed E-state index contributed by atoms with van der Waals surface area (Å²) in [5, 5.41) is 3.67. The van der Waals surface area contributed by atoms with Gasteiger partial charge in [0.05, 0.1) is 6.61 Å². The van der Waals surface area contributed by atoms with Gasteiger partial charge in [-0.25, -0.2) is 0 Å². The highest BCUT2D eigenvalue weighted by atomic mass is 16.5. The van der Waals surface area contributed by atoms with Crippen LogP contribution >= 0.6 is 0 Å². The maximum absolute atomic E-state index is 12.7. The SMILES string of the molecule is O=C(CC1CC2CCC(C1)N2)N1CCC(COc2ccccc2)CC1. The predicted molar refractivity (Wildman–Crippen MR) is 98.5 cm³/mol. The molecule has 3 fully saturated rings. The molecular formula is C21H30N2O2. The van der Waals surface area contributed by atoms with Crippen molar-refractivity contribution in [3.63, 3.8) is 0 Å². The third-order valence-corrected chi connectivity index (χ3v) is 6.23. The van der Waals surface area contributed by atoms with E-state index in [9.17, 15) is 4.79 Å². The molecule has 136 valence electrons. The zero-order chi connectivity index (χ0) is 17.1. The summed E-state index contributed by atoms with van der Waals surface area (Å²) in [6.07, 6.45) is 7.91. The molecule has 1 amide bonds. The number of likely N-dealkylation sites (tertiary alicyclic amines) is 1. The average Bonchev–Trinajstić information content (AvgIpc) is 2.99. The number of hydrogen-bond donors (Lipinski definition) is 1. The first-order valence-corrected chi connectivity index (χ1v) is 9.98. The monoisotopic (exact) mass is 342 g/mol. The van der Waals surface area contributed by atoms with Gasteiger partial charge in [0.25, 0.3) is 0 Å². The van der Waals surface area contributed by atoms with Crippen molar-refractivity contribution in [3.8, 4) is 5.75 Å². The normalized spacial score (nSPS) is 29.6. The van der Waals surface area contributed by atoms with Crippen LogP contribution in [0.1, 0.15) is 44.9 Å². The third-order valence-electron chi connectivity index (χ3n) is 6.23. The van der Waals surface area contributed by atoms with E-state index in [2.05, 4.69) is 10.2 Å². The number of hydrogen-bond acceptors (Lipinski definition) is 3. The smallest absolute Gasteiger partial charge is 0.222 e. The van der Waals surface area contributed by atoms with Crippen LogP contribution < -0.4 is 10.1 Å². The van der Waals surface area contributed by atoms with Crippen molar-refractivity contribution < 1.29 is 9.53 Å². The van der Waals surface area contributed by atoms with Gasteiger partial charge in [0.15, 0.2) is 0 Å². The summed E-state index contributed by atoms with van der Waals surface area (Å²) >= 11 is 0. The number of carbonyl (C=O) groups is 1. The minimum Gasteiger partial charge on any atom is -0.493 e. The number of amides is 1. The number of ether oxygens (including phenoxy) is 1. The summed E-state index contributed by atoms with van der Waals surface area (Å²) in [6.45, 7) is 2.57. The molecule has 3 saturated heterocycles. The first kappa shape index (κ1) is 16.9. The molecule has 4 heteroatoms. The molecule has 0 spiro atoms. The van der Waals surface area contributed by atoms with Crippen molar-refractivity contribution in [2.75, 3.05) is 19.7 Å². The Labute approximate surface area is 150 Å². The third kappa shape index (κ3) is 4.35. The van der Waals surface area contributed by atoms with Crippen LogP contribution in [0.3, 0.4) is 0 Å². The molecule has 0 saturated carbocycles. The number of piperidine rings is 2. The van der Waals surface area contributed by atoms with Crippen LogP contribution in [0.5, 0.6) is 5.75 Å². The molecule has 4 nitrogen and oxygen atoms in total. The second-order valence-corrected chi connectivity index (χ2v) is 8.13. The van der Waals surface area contributed by atoms with E-state index in [1.807, 2.05) is 30.3 Å². The average molecular weight is 342 g/mol. The Morgan fingerprint density at radius 1 is 1.00 bits per heavy atom. The van der Waals surface area contributed by atoms with Crippen LogP contribution in [-0.4, -0.2) is 42.6 Å². The minimum absolute atomic E-state index is 0.383. The second-order valence-electron chi connectivity index (χ2n) is 8.13. The van der Waals surface area contributed by atoms with Crippen molar-refractivity contribution >= 4 is 5.91 Å². The van der Waals surface area contributed by atoms with Crippen molar-refractivity contribution in [2.24, 2.45) is 11.8 Å². The van der Waals surface area contributed by atoms with Crippen LogP contribution in [0.4, 0.5) is 0 Å². The fourth-order valence-corrected chi connectivity index (χ4v) is 4.80. The van der Waals surface area contributed by atoms with E-state index in [0.717, 1.165) is 44.7 Å². The molecule has 3 aliphatic heterocycles. The summed E-state index contributed by atoms with van der Waals surface area (Å²) in [7, 11) is 0. The van der Waals surface area contributed by atoms with Gasteiger partial charge in [0.2, 0.25) is 5.91 Å². The van der Waals surface area contributed by atoms with Gasteiger partial charge in [-0.3, -0.25) is 4.79 Å². The van der Waals surface area contributed by atoms with E-state index >= 15 is 0 Å². The Kier molecular flexibility index (Phi) is 5.25. The molecular weight excluding hydrogens is 312 g/mol. The maximum atomic E-state index is 12.7. The highest BCUT2D eigenvalue weighted by Crippen LogP contribution is 2.33. The molecule has 0 radical (unpaired) electrons. The molecule has 4 rings (SSSR count). The van der Waals surface area contributed by atoms with Gasteiger partial charge >= 0.3 is 0 Å². The number of fused-ring (bicyclic) bond motifs is 2. The quantitative estimate of drug-likeness (QED) is 0.893. The molecule has 25 heavy (non-hydrogen) atoms. The molecule has 1 aromatic carbocycles. The van der Waals surface area contributed by atoms with Gasteiger partial charge < -0.3 is 15.0 Å². The van der Waals surface area contributed by atoms with Gasteiger partial charge in [-0.05, 0) is 62.5 Å². The number of nitrogens with zero attached hydrogens (tertiary/aromatic N) is 1. The van der Waals surface area contributed by atoms with Crippen LogP contribution in [0.15, 0.2) is 30.3 Å². The summed E-state index contributed by atoms with van der Waals surface area (Å²) < 4.78 is 5.88. The van der Waals surface area contributed by atoms with Crippen LogP contribution in [0.25, 0.3) is 0 Å². The lowest BCUT2D eigenvalue weighted by molar-refractivity contribution is -0.134. The molecule has 1 N–H and O–H groups in total. The fourth-order valence-electron chi connectivity index (χ4n) is 4.80. The molecule has 2 atom stereocenters. The summed E-state index contributed by atoms with van der Waals surface area (Å²) in [5.41, 5.74) is 0. The molecule has 0 aliphatic carbocycles. The fraction of sp³-hybridized carbons (Fsp3) is 0.667. The van der Waals surface area contributed by atoms with Crippen molar-refractivity contribution in [3.05, 3.63) is 30.3 Å². The molecule has 0 aromatic heterocycles. The number of rotatable bonds is 5. The van der Waals surface area contributed by atoms with Gasteiger partial charge in [-0.2, -0.15) is 0 Å². The number of carbonyl (C=O) groups excluding carboxylic acids is 1. The van der Waals surface area contributed by atoms with E-state index in [1.54, 1.807) is 0 Å². The van der Waals surface area contributed by atoms with Crippen LogP contribution in [-0.2, 0) is 4.79 Å². The maximum Gasteiger partial charge on any atom is 0.222 e. The van der Waals surface area contributed by atoms with E-state index in [0.29, 0.717) is 29.8 Å². The van der Waals surface area contributed by atoms with Gasteiger partial charge in [-0.1, -0.05) is 18.2 Å². The topological polar surface area (TPSA) is 41.6 Å². The Balaban J connectivity index is 1.18. The van der Waals surface area contributed by atoms with Gasteiger partial charge in [-0.15, -0.1) is 0 Å². The summed E-state index contributed by atoms with van der Waals surface area (Å²) in [6, 6.07) is 11.4. The van der Waals surface area contributed by atoms with Gasteiger partial charge in [0, 0.05) is 31.6 Å². The number of para-hydroxylation sites is 1. The standard InChI is InChI=1S/C21H30N2O2/c24-21(14-17-12-18-6-7-19(13-17)22-18)23-10-8-16(9-11-23)15-25-20-4-2-1-3-5-20/h1-5,16-19,22H,6-15H2. The number of benzene rings is 1. The van der Waals surface area contributed by atoms with Gasteiger partial charge in [0.1, 0.15) is 5.75 Å². The van der Waals surface area contributed by atoms with Crippen molar-refractivity contribution in [1.82, 2.24) is 10.2 Å². The molecule has 2 unspecified atom stereocenters. The van der Waals surface area contributed by atoms with E-state index in [-0.39, 0.29) is 0 Å². The van der Waals surface area contributed by atoms with E-state index < -0.39 is 0 Å².